The highest BCUT2D eigenvalue weighted by molar-refractivity contribution is 7.98. The fraction of sp³-hybridized carbons (Fsp3) is 0.211. The molecule has 1 amide bonds. The number of hydrogen-bond acceptors (Lipinski definition) is 5. The molecule has 0 saturated carbocycles. The van der Waals surface area contributed by atoms with E-state index in [-0.39, 0.29) is 5.91 Å². The average molecular weight is 353 g/mol. The topological polar surface area (TPSA) is 68.0 Å². The molecule has 6 heteroatoms. The summed E-state index contributed by atoms with van der Waals surface area (Å²) in [5, 5.41) is 6.77. The lowest BCUT2D eigenvalue weighted by atomic mass is 10.1. The molecule has 3 rings (SSSR count). The van der Waals surface area contributed by atoms with E-state index in [0.29, 0.717) is 29.6 Å². The predicted molar refractivity (Wildman–Crippen MR) is 97.4 cm³/mol. The molecule has 1 aromatic heterocycles. The third-order valence-corrected chi connectivity index (χ3v) is 4.81. The third-order valence-electron chi connectivity index (χ3n) is 3.75. The van der Waals surface area contributed by atoms with Gasteiger partial charge in [-0.05, 0) is 37.1 Å². The van der Waals surface area contributed by atoms with Crippen molar-refractivity contribution in [1.29, 1.82) is 0 Å². The summed E-state index contributed by atoms with van der Waals surface area (Å²) in [5.41, 5.74) is 2.93. The SMILES string of the molecule is Cc1noc(CSc2ccccc2C(=O)NCc2ccccc2C)n1. The number of nitrogens with one attached hydrogen (secondary N) is 1. The summed E-state index contributed by atoms with van der Waals surface area (Å²) >= 11 is 1.51. The zero-order valence-corrected chi connectivity index (χ0v) is 15.0. The number of aryl methyl sites for hydroxylation is 2. The van der Waals surface area contributed by atoms with E-state index < -0.39 is 0 Å². The maximum absolute atomic E-state index is 12.6. The first kappa shape index (κ1) is 17.2. The minimum atomic E-state index is -0.0898. The Kier molecular flexibility index (Phi) is 5.50. The molecule has 0 atom stereocenters. The lowest BCUT2D eigenvalue weighted by Crippen LogP contribution is -2.23. The maximum Gasteiger partial charge on any atom is 0.252 e. The van der Waals surface area contributed by atoms with Gasteiger partial charge in [-0.1, -0.05) is 41.6 Å². The van der Waals surface area contributed by atoms with E-state index in [1.54, 1.807) is 6.92 Å². The number of rotatable bonds is 6. The summed E-state index contributed by atoms with van der Waals surface area (Å²) in [6, 6.07) is 15.6. The van der Waals surface area contributed by atoms with Crippen LogP contribution in [0.5, 0.6) is 0 Å². The second kappa shape index (κ2) is 7.98. The second-order valence-corrected chi connectivity index (χ2v) is 6.65. The van der Waals surface area contributed by atoms with Crippen molar-refractivity contribution in [2.75, 3.05) is 0 Å². The van der Waals surface area contributed by atoms with Gasteiger partial charge in [0.1, 0.15) is 0 Å². The van der Waals surface area contributed by atoms with E-state index in [2.05, 4.69) is 15.5 Å². The van der Waals surface area contributed by atoms with Crippen LogP contribution >= 0.6 is 11.8 Å². The summed E-state index contributed by atoms with van der Waals surface area (Å²) in [4.78, 5) is 17.7. The molecule has 0 unspecified atom stereocenters. The highest BCUT2D eigenvalue weighted by atomic mass is 32.2. The van der Waals surface area contributed by atoms with E-state index >= 15 is 0 Å². The maximum atomic E-state index is 12.6. The largest absolute Gasteiger partial charge is 0.348 e. The summed E-state index contributed by atoms with van der Waals surface area (Å²) in [6.45, 7) is 4.33. The van der Waals surface area contributed by atoms with Crippen molar-refractivity contribution in [1.82, 2.24) is 15.5 Å². The van der Waals surface area contributed by atoms with Crippen LogP contribution in [0.3, 0.4) is 0 Å². The van der Waals surface area contributed by atoms with Crippen molar-refractivity contribution in [2.45, 2.75) is 31.0 Å². The van der Waals surface area contributed by atoms with Gasteiger partial charge in [0.15, 0.2) is 5.82 Å². The molecular formula is C19H19N3O2S. The quantitative estimate of drug-likeness (QED) is 0.681. The standard InChI is InChI=1S/C19H19N3O2S/c1-13-7-3-4-8-15(13)11-20-19(23)16-9-5-6-10-17(16)25-12-18-21-14(2)22-24-18/h3-10H,11-12H2,1-2H3,(H,20,23). The summed E-state index contributed by atoms with van der Waals surface area (Å²) in [6.07, 6.45) is 0. The summed E-state index contributed by atoms with van der Waals surface area (Å²) in [5.74, 6) is 1.61. The van der Waals surface area contributed by atoms with E-state index in [1.165, 1.54) is 11.8 Å². The molecule has 25 heavy (non-hydrogen) atoms. The van der Waals surface area contributed by atoms with Gasteiger partial charge in [-0.15, -0.1) is 11.8 Å². The molecule has 0 fully saturated rings. The molecule has 0 aliphatic carbocycles. The van der Waals surface area contributed by atoms with E-state index in [0.717, 1.165) is 16.0 Å². The number of hydrogen-bond donors (Lipinski definition) is 1. The van der Waals surface area contributed by atoms with Crippen LogP contribution in [-0.4, -0.2) is 16.0 Å². The van der Waals surface area contributed by atoms with Crippen LogP contribution in [0.4, 0.5) is 0 Å². The van der Waals surface area contributed by atoms with Gasteiger partial charge in [-0.25, -0.2) is 0 Å². The number of aromatic nitrogens is 2. The Labute approximate surface area is 150 Å². The van der Waals surface area contributed by atoms with Crippen LogP contribution in [0, 0.1) is 13.8 Å². The Bertz CT molecular complexity index is 876. The summed E-state index contributed by atoms with van der Waals surface area (Å²) in [7, 11) is 0. The van der Waals surface area contributed by atoms with E-state index in [1.807, 2.05) is 55.5 Å². The van der Waals surface area contributed by atoms with Crippen LogP contribution in [0.25, 0.3) is 0 Å². The minimum absolute atomic E-state index is 0.0898. The molecule has 1 N–H and O–H groups in total. The summed E-state index contributed by atoms with van der Waals surface area (Å²) < 4.78 is 5.12. The second-order valence-electron chi connectivity index (χ2n) is 5.63. The molecule has 0 spiro atoms. The fourth-order valence-corrected chi connectivity index (χ4v) is 3.28. The predicted octanol–water partition coefficient (Wildman–Crippen LogP) is 3.91. The molecule has 1 heterocycles. The third kappa shape index (κ3) is 4.48. The minimum Gasteiger partial charge on any atom is -0.348 e. The van der Waals surface area contributed by atoms with Crippen molar-refractivity contribution < 1.29 is 9.32 Å². The zero-order chi connectivity index (χ0) is 17.6. The van der Waals surface area contributed by atoms with Gasteiger partial charge in [-0.2, -0.15) is 4.98 Å². The van der Waals surface area contributed by atoms with Gasteiger partial charge in [0, 0.05) is 11.4 Å². The molecule has 3 aromatic rings. The number of amides is 1. The lowest BCUT2D eigenvalue weighted by molar-refractivity contribution is 0.0948. The fourth-order valence-electron chi connectivity index (χ4n) is 2.40. The van der Waals surface area contributed by atoms with Crippen molar-refractivity contribution in [2.24, 2.45) is 0 Å². The van der Waals surface area contributed by atoms with Crippen LogP contribution in [0.15, 0.2) is 57.9 Å². The van der Waals surface area contributed by atoms with Gasteiger partial charge >= 0.3 is 0 Å². The van der Waals surface area contributed by atoms with E-state index in [4.69, 9.17) is 4.52 Å². The van der Waals surface area contributed by atoms with E-state index in [9.17, 15) is 4.79 Å². The molecular weight excluding hydrogens is 334 g/mol. The van der Waals surface area contributed by atoms with Crippen molar-refractivity contribution in [3.63, 3.8) is 0 Å². The average Bonchev–Trinajstić information content (AvgIpc) is 3.04. The molecule has 128 valence electrons. The molecule has 0 saturated heterocycles. The Morgan fingerprint density at radius 1 is 1.12 bits per heavy atom. The van der Waals surface area contributed by atoms with Gasteiger partial charge < -0.3 is 9.84 Å². The number of thioether (sulfide) groups is 1. The Morgan fingerprint density at radius 2 is 1.88 bits per heavy atom. The van der Waals surface area contributed by atoms with Gasteiger partial charge in [-0.3, -0.25) is 4.79 Å². The first-order valence-electron chi connectivity index (χ1n) is 7.97. The number of carbonyl (C=O) groups is 1. The molecule has 0 bridgehead atoms. The van der Waals surface area contributed by atoms with Gasteiger partial charge in [0.05, 0.1) is 11.3 Å². The Hall–Kier alpha value is -2.60. The number of nitrogens with zero attached hydrogens (tertiary/aromatic N) is 2. The monoisotopic (exact) mass is 353 g/mol. The smallest absolute Gasteiger partial charge is 0.252 e. The molecule has 0 aliphatic heterocycles. The Morgan fingerprint density at radius 3 is 2.64 bits per heavy atom. The van der Waals surface area contributed by atoms with Gasteiger partial charge in [0.2, 0.25) is 5.89 Å². The van der Waals surface area contributed by atoms with Crippen molar-refractivity contribution >= 4 is 17.7 Å². The van der Waals surface area contributed by atoms with Crippen molar-refractivity contribution in [3.05, 3.63) is 76.9 Å². The van der Waals surface area contributed by atoms with Crippen LogP contribution in [0.2, 0.25) is 0 Å². The first-order valence-corrected chi connectivity index (χ1v) is 8.96. The Balaban J connectivity index is 1.67. The van der Waals surface area contributed by atoms with Crippen molar-refractivity contribution in [3.8, 4) is 0 Å². The molecule has 0 radical (unpaired) electrons. The number of carbonyl (C=O) groups excluding carboxylic acids is 1. The first-order chi connectivity index (χ1) is 12.1. The molecule has 2 aromatic carbocycles. The molecule has 0 aliphatic rings. The van der Waals surface area contributed by atoms with Gasteiger partial charge in [0.25, 0.3) is 5.91 Å². The highest BCUT2D eigenvalue weighted by Crippen LogP contribution is 2.26. The van der Waals surface area contributed by atoms with Crippen LogP contribution < -0.4 is 5.32 Å². The van der Waals surface area contributed by atoms with Crippen LogP contribution in [0.1, 0.15) is 33.2 Å². The zero-order valence-electron chi connectivity index (χ0n) is 14.2. The van der Waals surface area contributed by atoms with Crippen LogP contribution in [-0.2, 0) is 12.3 Å². The normalized spacial score (nSPS) is 10.6. The molecule has 5 nitrogen and oxygen atoms in total. The lowest BCUT2D eigenvalue weighted by Gasteiger charge is -2.10. The number of benzene rings is 2. The highest BCUT2D eigenvalue weighted by Gasteiger charge is 2.13.